The predicted molar refractivity (Wildman–Crippen MR) is 48.7 cm³/mol. The van der Waals surface area contributed by atoms with E-state index in [9.17, 15) is 0 Å². The van der Waals surface area contributed by atoms with E-state index in [0.29, 0.717) is 6.61 Å². The Balaban J connectivity index is 3.76. The molecule has 0 fully saturated rings. The Morgan fingerprint density at radius 1 is 1.27 bits per heavy atom. The van der Waals surface area contributed by atoms with Crippen molar-refractivity contribution in [3.63, 3.8) is 0 Å². The Labute approximate surface area is 70.2 Å². The van der Waals surface area contributed by atoms with Crippen LogP contribution >= 0.6 is 0 Å². The Morgan fingerprint density at radius 3 is 2.09 bits per heavy atom. The summed E-state index contributed by atoms with van der Waals surface area (Å²) in [6, 6.07) is 0. The minimum atomic E-state index is 0.240. The lowest BCUT2D eigenvalue weighted by molar-refractivity contribution is 0.131. The summed E-state index contributed by atoms with van der Waals surface area (Å²) < 4.78 is 0. The minimum absolute atomic E-state index is 0.240. The van der Waals surface area contributed by atoms with Crippen LogP contribution in [0.3, 0.4) is 0 Å². The van der Waals surface area contributed by atoms with Gasteiger partial charge < -0.3 is 5.11 Å². The average Bonchev–Trinajstić information content (AvgIpc) is 1.87. The van der Waals surface area contributed by atoms with Crippen molar-refractivity contribution in [2.24, 2.45) is 0 Å². The molecule has 0 aromatic carbocycles. The van der Waals surface area contributed by atoms with Crippen molar-refractivity contribution < 1.29 is 5.11 Å². The van der Waals surface area contributed by atoms with Gasteiger partial charge in [0.2, 0.25) is 0 Å². The number of aliphatic hydroxyl groups is 1. The van der Waals surface area contributed by atoms with Crippen LogP contribution in [0.4, 0.5) is 0 Å². The van der Waals surface area contributed by atoms with Crippen LogP contribution in [-0.2, 0) is 0 Å². The van der Waals surface area contributed by atoms with Crippen molar-refractivity contribution in [3.8, 4) is 0 Å². The number of nitrogens with zero attached hydrogens (tertiary/aromatic N) is 1. The number of hydrogen-bond donors (Lipinski definition) is 1. The van der Waals surface area contributed by atoms with Gasteiger partial charge in [0.05, 0.1) is 0 Å². The molecule has 2 nitrogen and oxygen atoms in total. The maximum absolute atomic E-state index is 8.65. The Kier molecular flexibility index (Phi) is 4.69. The summed E-state index contributed by atoms with van der Waals surface area (Å²) in [6.07, 6.45) is 0.880. The molecular weight excluding hydrogens is 138 g/mol. The SMILES string of the molecule is CCN(CCCO)C(C)(C)C. The molecule has 68 valence electrons. The van der Waals surface area contributed by atoms with Gasteiger partial charge in [0.1, 0.15) is 0 Å². The van der Waals surface area contributed by atoms with Crippen molar-refractivity contribution >= 4 is 0 Å². The van der Waals surface area contributed by atoms with Crippen LogP contribution < -0.4 is 0 Å². The summed E-state index contributed by atoms with van der Waals surface area (Å²) in [5, 5.41) is 8.65. The van der Waals surface area contributed by atoms with Gasteiger partial charge in [-0.3, -0.25) is 4.90 Å². The van der Waals surface area contributed by atoms with E-state index < -0.39 is 0 Å². The predicted octanol–water partition coefficient (Wildman–Crippen LogP) is 1.49. The van der Waals surface area contributed by atoms with Crippen LogP contribution in [0.25, 0.3) is 0 Å². The number of aliphatic hydroxyl groups excluding tert-OH is 1. The largest absolute Gasteiger partial charge is 0.396 e. The van der Waals surface area contributed by atoms with E-state index in [1.165, 1.54) is 0 Å². The molecule has 0 aromatic heterocycles. The maximum atomic E-state index is 8.65. The second-order valence-electron chi connectivity index (χ2n) is 3.83. The van der Waals surface area contributed by atoms with Gasteiger partial charge >= 0.3 is 0 Å². The third-order valence-electron chi connectivity index (χ3n) is 1.92. The highest BCUT2D eigenvalue weighted by atomic mass is 16.3. The second kappa shape index (κ2) is 4.73. The van der Waals surface area contributed by atoms with Crippen LogP contribution in [0.15, 0.2) is 0 Å². The molecule has 0 aliphatic carbocycles. The van der Waals surface area contributed by atoms with Crippen molar-refractivity contribution in [1.82, 2.24) is 4.90 Å². The van der Waals surface area contributed by atoms with E-state index >= 15 is 0 Å². The molecule has 0 spiro atoms. The molecule has 0 saturated carbocycles. The van der Waals surface area contributed by atoms with Crippen LogP contribution in [0.2, 0.25) is 0 Å². The highest BCUT2D eigenvalue weighted by Crippen LogP contribution is 2.12. The lowest BCUT2D eigenvalue weighted by Crippen LogP contribution is -2.41. The van der Waals surface area contributed by atoms with Crippen LogP contribution in [0.1, 0.15) is 34.1 Å². The normalized spacial score (nSPS) is 12.5. The fourth-order valence-corrected chi connectivity index (χ4v) is 1.23. The molecule has 0 saturated heterocycles. The van der Waals surface area contributed by atoms with Gasteiger partial charge in [-0.15, -0.1) is 0 Å². The summed E-state index contributed by atoms with van der Waals surface area (Å²) in [5.41, 5.74) is 0.240. The van der Waals surface area contributed by atoms with E-state index in [4.69, 9.17) is 5.11 Å². The van der Waals surface area contributed by atoms with Gasteiger partial charge in [-0.1, -0.05) is 6.92 Å². The zero-order chi connectivity index (χ0) is 8.91. The van der Waals surface area contributed by atoms with E-state index in [1.54, 1.807) is 0 Å². The fraction of sp³-hybridized carbons (Fsp3) is 1.00. The first kappa shape index (κ1) is 10.9. The molecule has 0 rings (SSSR count). The van der Waals surface area contributed by atoms with Crippen molar-refractivity contribution in [1.29, 1.82) is 0 Å². The zero-order valence-electron chi connectivity index (χ0n) is 8.22. The van der Waals surface area contributed by atoms with Gasteiger partial charge in [0.15, 0.2) is 0 Å². The molecule has 0 amide bonds. The van der Waals surface area contributed by atoms with Crippen LogP contribution in [-0.4, -0.2) is 35.2 Å². The average molecular weight is 159 g/mol. The minimum Gasteiger partial charge on any atom is -0.396 e. The van der Waals surface area contributed by atoms with Gasteiger partial charge in [-0.25, -0.2) is 0 Å². The monoisotopic (exact) mass is 159 g/mol. The number of hydrogen-bond acceptors (Lipinski definition) is 2. The zero-order valence-corrected chi connectivity index (χ0v) is 8.22. The lowest BCUT2D eigenvalue weighted by Gasteiger charge is -2.34. The standard InChI is InChI=1S/C9H21NO/c1-5-10(7-6-8-11)9(2,3)4/h11H,5-8H2,1-4H3. The molecule has 0 radical (unpaired) electrons. The molecule has 11 heavy (non-hydrogen) atoms. The molecule has 0 aromatic rings. The molecule has 0 bridgehead atoms. The van der Waals surface area contributed by atoms with E-state index in [2.05, 4.69) is 32.6 Å². The van der Waals surface area contributed by atoms with Gasteiger partial charge in [0, 0.05) is 18.7 Å². The first-order valence-corrected chi connectivity index (χ1v) is 4.38. The summed E-state index contributed by atoms with van der Waals surface area (Å²) in [5.74, 6) is 0. The van der Waals surface area contributed by atoms with Gasteiger partial charge in [-0.05, 0) is 33.7 Å². The van der Waals surface area contributed by atoms with Crippen molar-refractivity contribution in [2.75, 3.05) is 19.7 Å². The third kappa shape index (κ3) is 4.38. The summed E-state index contributed by atoms with van der Waals surface area (Å²) in [6.45, 7) is 11.1. The first-order chi connectivity index (χ1) is 5.02. The van der Waals surface area contributed by atoms with Gasteiger partial charge in [-0.2, -0.15) is 0 Å². The molecule has 2 heteroatoms. The van der Waals surface area contributed by atoms with Crippen LogP contribution in [0, 0.1) is 0 Å². The van der Waals surface area contributed by atoms with E-state index in [1.807, 2.05) is 0 Å². The first-order valence-electron chi connectivity index (χ1n) is 4.38. The topological polar surface area (TPSA) is 23.5 Å². The third-order valence-corrected chi connectivity index (χ3v) is 1.92. The fourth-order valence-electron chi connectivity index (χ4n) is 1.23. The number of rotatable bonds is 4. The molecule has 0 unspecified atom stereocenters. The van der Waals surface area contributed by atoms with E-state index in [0.717, 1.165) is 19.5 Å². The highest BCUT2D eigenvalue weighted by molar-refractivity contribution is 4.74. The smallest absolute Gasteiger partial charge is 0.0443 e. The Bertz CT molecular complexity index is 96.2. The summed E-state index contributed by atoms with van der Waals surface area (Å²) >= 11 is 0. The second-order valence-corrected chi connectivity index (χ2v) is 3.83. The molecular formula is C9H21NO. The Morgan fingerprint density at radius 2 is 1.82 bits per heavy atom. The van der Waals surface area contributed by atoms with Crippen molar-refractivity contribution in [2.45, 2.75) is 39.7 Å². The molecule has 0 aliphatic rings. The summed E-state index contributed by atoms with van der Waals surface area (Å²) in [4.78, 5) is 2.36. The molecule has 0 aliphatic heterocycles. The van der Waals surface area contributed by atoms with E-state index in [-0.39, 0.29) is 5.54 Å². The van der Waals surface area contributed by atoms with Crippen LogP contribution in [0.5, 0.6) is 0 Å². The highest BCUT2D eigenvalue weighted by Gasteiger charge is 2.18. The van der Waals surface area contributed by atoms with Gasteiger partial charge in [0.25, 0.3) is 0 Å². The van der Waals surface area contributed by atoms with Crippen molar-refractivity contribution in [3.05, 3.63) is 0 Å². The molecule has 0 heterocycles. The molecule has 1 N–H and O–H groups in total. The Hall–Kier alpha value is -0.0800. The lowest BCUT2D eigenvalue weighted by atomic mass is 10.1. The summed E-state index contributed by atoms with van der Waals surface area (Å²) in [7, 11) is 0. The maximum Gasteiger partial charge on any atom is 0.0443 e. The molecule has 0 atom stereocenters. The quantitative estimate of drug-likeness (QED) is 0.672.